The first-order valence-electron chi connectivity index (χ1n) is 7.63. The second kappa shape index (κ2) is 6.53. The van der Waals surface area contributed by atoms with Crippen molar-refractivity contribution in [2.24, 2.45) is 5.92 Å². The predicted molar refractivity (Wildman–Crippen MR) is 82.6 cm³/mol. The molecule has 0 radical (unpaired) electrons. The van der Waals surface area contributed by atoms with Gasteiger partial charge in [0, 0.05) is 12.6 Å². The lowest BCUT2D eigenvalue weighted by molar-refractivity contribution is 0.336. The van der Waals surface area contributed by atoms with Crippen LogP contribution in [0.1, 0.15) is 43.0 Å². The minimum absolute atomic E-state index is 0.454. The molecule has 2 rings (SSSR count). The van der Waals surface area contributed by atoms with Crippen LogP contribution < -0.4 is 5.32 Å². The van der Waals surface area contributed by atoms with Crippen molar-refractivity contribution in [2.45, 2.75) is 40.2 Å². The van der Waals surface area contributed by atoms with Crippen LogP contribution in [0.2, 0.25) is 0 Å². The standard InChI is InChI=1S/C17H28N2/c1-5-19-9-8-16(12-19)11-18-15(4)17-10-13(2)6-7-14(17)3/h6-7,10,15-16,18H,5,8-9,11-12H2,1-4H3. The maximum Gasteiger partial charge on any atom is 0.0294 e. The lowest BCUT2D eigenvalue weighted by atomic mass is 9.99. The monoisotopic (exact) mass is 260 g/mol. The molecule has 0 saturated carbocycles. The fourth-order valence-electron chi connectivity index (χ4n) is 3.05. The molecule has 1 heterocycles. The van der Waals surface area contributed by atoms with E-state index in [-0.39, 0.29) is 0 Å². The summed E-state index contributed by atoms with van der Waals surface area (Å²) in [6, 6.07) is 7.20. The van der Waals surface area contributed by atoms with Gasteiger partial charge in [0.05, 0.1) is 0 Å². The summed E-state index contributed by atoms with van der Waals surface area (Å²) >= 11 is 0. The first kappa shape index (κ1) is 14.5. The quantitative estimate of drug-likeness (QED) is 0.874. The van der Waals surface area contributed by atoms with Gasteiger partial charge < -0.3 is 10.2 Å². The van der Waals surface area contributed by atoms with Crippen LogP contribution in [0.15, 0.2) is 18.2 Å². The SMILES string of the molecule is CCN1CCC(CNC(C)c2cc(C)ccc2C)C1. The van der Waals surface area contributed by atoms with E-state index in [0.29, 0.717) is 6.04 Å². The molecule has 1 aromatic rings. The summed E-state index contributed by atoms with van der Waals surface area (Å²) < 4.78 is 0. The molecule has 19 heavy (non-hydrogen) atoms. The molecule has 0 aromatic heterocycles. The third-order valence-electron chi connectivity index (χ3n) is 4.43. The number of hydrogen-bond acceptors (Lipinski definition) is 2. The first-order valence-corrected chi connectivity index (χ1v) is 7.63. The Morgan fingerprint density at radius 3 is 2.84 bits per heavy atom. The van der Waals surface area contributed by atoms with Gasteiger partial charge in [0.25, 0.3) is 0 Å². The second-order valence-electron chi connectivity index (χ2n) is 6.04. The molecule has 1 saturated heterocycles. The topological polar surface area (TPSA) is 15.3 Å². The van der Waals surface area contributed by atoms with Crippen LogP contribution in [0.3, 0.4) is 0 Å². The van der Waals surface area contributed by atoms with Gasteiger partial charge in [0.2, 0.25) is 0 Å². The van der Waals surface area contributed by atoms with Crippen molar-refractivity contribution >= 4 is 0 Å². The predicted octanol–water partition coefficient (Wildman–Crippen LogP) is 3.30. The van der Waals surface area contributed by atoms with Crippen LogP contribution in [-0.4, -0.2) is 31.1 Å². The summed E-state index contributed by atoms with van der Waals surface area (Å²) in [5.41, 5.74) is 4.20. The van der Waals surface area contributed by atoms with Gasteiger partial charge >= 0.3 is 0 Å². The molecule has 2 atom stereocenters. The zero-order valence-electron chi connectivity index (χ0n) is 12.9. The highest BCUT2D eigenvalue weighted by Crippen LogP contribution is 2.20. The zero-order chi connectivity index (χ0) is 13.8. The van der Waals surface area contributed by atoms with Gasteiger partial charge in [-0.2, -0.15) is 0 Å². The zero-order valence-corrected chi connectivity index (χ0v) is 12.9. The van der Waals surface area contributed by atoms with Crippen molar-refractivity contribution in [3.63, 3.8) is 0 Å². The molecule has 0 spiro atoms. The van der Waals surface area contributed by atoms with Crippen LogP contribution in [0.4, 0.5) is 0 Å². The normalized spacial score (nSPS) is 21.8. The summed E-state index contributed by atoms with van der Waals surface area (Å²) in [7, 11) is 0. The molecule has 2 nitrogen and oxygen atoms in total. The van der Waals surface area contributed by atoms with E-state index in [1.165, 1.54) is 42.7 Å². The van der Waals surface area contributed by atoms with Crippen LogP contribution in [0.25, 0.3) is 0 Å². The summed E-state index contributed by atoms with van der Waals surface area (Å²) in [6.07, 6.45) is 1.35. The van der Waals surface area contributed by atoms with E-state index in [2.05, 4.69) is 56.1 Å². The number of benzene rings is 1. The van der Waals surface area contributed by atoms with Crippen LogP contribution in [0, 0.1) is 19.8 Å². The van der Waals surface area contributed by atoms with Gasteiger partial charge in [0.1, 0.15) is 0 Å². The van der Waals surface area contributed by atoms with Crippen molar-refractivity contribution in [1.82, 2.24) is 10.2 Å². The van der Waals surface area contributed by atoms with Crippen LogP contribution in [0.5, 0.6) is 0 Å². The van der Waals surface area contributed by atoms with Gasteiger partial charge in [-0.1, -0.05) is 30.7 Å². The number of likely N-dealkylation sites (tertiary alicyclic amines) is 1. The molecular formula is C17H28N2. The Balaban J connectivity index is 1.87. The van der Waals surface area contributed by atoms with Gasteiger partial charge in [-0.25, -0.2) is 0 Å². The van der Waals surface area contributed by atoms with Gasteiger partial charge in [-0.15, -0.1) is 0 Å². The fourth-order valence-corrected chi connectivity index (χ4v) is 3.05. The van der Waals surface area contributed by atoms with E-state index < -0.39 is 0 Å². The first-order chi connectivity index (χ1) is 9.10. The number of aryl methyl sites for hydroxylation is 2. The second-order valence-corrected chi connectivity index (χ2v) is 6.04. The van der Waals surface area contributed by atoms with Crippen LogP contribution >= 0.6 is 0 Å². The van der Waals surface area contributed by atoms with E-state index in [4.69, 9.17) is 0 Å². The van der Waals surface area contributed by atoms with Gasteiger partial charge in [-0.3, -0.25) is 0 Å². The van der Waals surface area contributed by atoms with E-state index in [9.17, 15) is 0 Å². The van der Waals surface area contributed by atoms with E-state index in [1.54, 1.807) is 0 Å². The van der Waals surface area contributed by atoms with E-state index in [1.807, 2.05) is 0 Å². The Kier molecular flexibility index (Phi) is 5.00. The smallest absolute Gasteiger partial charge is 0.0294 e. The molecule has 0 amide bonds. The van der Waals surface area contributed by atoms with Gasteiger partial charge in [-0.05, 0) is 63.9 Å². The number of rotatable bonds is 5. The minimum Gasteiger partial charge on any atom is -0.310 e. The van der Waals surface area contributed by atoms with Crippen molar-refractivity contribution in [3.8, 4) is 0 Å². The molecular weight excluding hydrogens is 232 g/mol. The Labute approximate surface area is 118 Å². The third kappa shape index (κ3) is 3.80. The summed E-state index contributed by atoms with van der Waals surface area (Å²) in [4.78, 5) is 2.55. The summed E-state index contributed by atoms with van der Waals surface area (Å²) in [5, 5.41) is 3.73. The van der Waals surface area contributed by atoms with Gasteiger partial charge in [0.15, 0.2) is 0 Å². The maximum atomic E-state index is 3.73. The van der Waals surface area contributed by atoms with Crippen molar-refractivity contribution in [3.05, 3.63) is 34.9 Å². The van der Waals surface area contributed by atoms with Crippen molar-refractivity contribution in [1.29, 1.82) is 0 Å². The Hall–Kier alpha value is -0.860. The summed E-state index contributed by atoms with van der Waals surface area (Å²) in [6.45, 7) is 13.8. The largest absolute Gasteiger partial charge is 0.310 e. The van der Waals surface area contributed by atoms with E-state index in [0.717, 1.165) is 12.5 Å². The highest BCUT2D eigenvalue weighted by Gasteiger charge is 2.21. The molecule has 1 aromatic carbocycles. The van der Waals surface area contributed by atoms with E-state index >= 15 is 0 Å². The molecule has 106 valence electrons. The lowest BCUT2D eigenvalue weighted by Gasteiger charge is -2.20. The molecule has 1 N–H and O–H groups in total. The Morgan fingerprint density at radius 2 is 2.16 bits per heavy atom. The Morgan fingerprint density at radius 1 is 1.37 bits per heavy atom. The molecule has 1 aliphatic rings. The fraction of sp³-hybridized carbons (Fsp3) is 0.647. The number of nitrogens with zero attached hydrogens (tertiary/aromatic N) is 1. The summed E-state index contributed by atoms with van der Waals surface area (Å²) in [5.74, 6) is 0.826. The van der Waals surface area contributed by atoms with Crippen molar-refractivity contribution in [2.75, 3.05) is 26.2 Å². The lowest BCUT2D eigenvalue weighted by Crippen LogP contribution is -2.28. The molecule has 2 unspecified atom stereocenters. The molecule has 0 bridgehead atoms. The minimum atomic E-state index is 0.454. The average Bonchev–Trinajstić information content (AvgIpc) is 2.87. The van der Waals surface area contributed by atoms with Crippen molar-refractivity contribution < 1.29 is 0 Å². The Bertz CT molecular complexity index is 414. The molecule has 2 heteroatoms. The molecule has 0 aliphatic carbocycles. The van der Waals surface area contributed by atoms with Crippen LogP contribution in [-0.2, 0) is 0 Å². The number of hydrogen-bond donors (Lipinski definition) is 1. The highest BCUT2D eigenvalue weighted by atomic mass is 15.1. The maximum absolute atomic E-state index is 3.73. The molecule has 1 fully saturated rings. The highest BCUT2D eigenvalue weighted by molar-refractivity contribution is 5.32. The molecule has 1 aliphatic heterocycles. The third-order valence-corrected chi connectivity index (χ3v) is 4.43. The average molecular weight is 260 g/mol. The number of nitrogens with one attached hydrogen (secondary N) is 1.